The van der Waals surface area contributed by atoms with Crippen LogP contribution in [0.25, 0.3) is 0 Å². The summed E-state index contributed by atoms with van der Waals surface area (Å²) >= 11 is 0. The van der Waals surface area contributed by atoms with Crippen molar-refractivity contribution in [1.82, 2.24) is 19.9 Å². The molecule has 1 aliphatic heterocycles. The van der Waals surface area contributed by atoms with Gasteiger partial charge in [0.2, 0.25) is 11.8 Å². The van der Waals surface area contributed by atoms with Gasteiger partial charge in [-0.3, -0.25) is 9.69 Å². The molecule has 7 heteroatoms. The largest absolute Gasteiger partial charge is 0.392 e. The number of aromatic nitrogens is 2. The van der Waals surface area contributed by atoms with Gasteiger partial charge in [0, 0.05) is 38.5 Å². The smallest absolute Gasteiger partial charge is 0.229 e. The molecule has 7 nitrogen and oxygen atoms in total. The van der Waals surface area contributed by atoms with E-state index in [2.05, 4.69) is 15.0 Å². The number of β-amino-alcohol motifs (C(OH)–C–C–N with tert-alkyl or cyclic N) is 1. The maximum atomic E-state index is 12.0. The van der Waals surface area contributed by atoms with Crippen molar-refractivity contribution in [1.29, 1.82) is 0 Å². The van der Waals surface area contributed by atoms with E-state index >= 15 is 0 Å². The lowest BCUT2D eigenvalue weighted by atomic mass is 10.2. The third kappa shape index (κ3) is 4.09. The Hall–Kier alpha value is -1.47. The van der Waals surface area contributed by atoms with E-state index in [9.17, 15) is 9.90 Å². The summed E-state index contributed by atoms with van der Waals surface area (Å²) in [6, 6.07) is 0.152. The number of rotatable bonds is 7. The van der Waals surface area contributed by atoms with E-state index in [1.165, 1.54) is 0 Å². The van der Waals surface area contributed by atoms with Crippen LogP contribution in [0.3, 0.4) is 0 Å². The molecule has 1 saturated carbocycles. The van der Waals surface area contributed by atoms with Crippen molar-refractivity contribution >= 4 is 5.91 Å². The first-order valence-electron chi connectivity index (χ1n) is 8.57. The van der Waals surface area contributed by atoms with E-state index in [-0.39, 0.29) is 18.1 Å². The Balaban J connectivity index is 1.59. The summed E-state index contributed by atoms with van der Waals surface area (Å²) in [5.74, 6) is 1.77. The van der Waals surface area contributed by atoms with Gasteiger partial charge in [-0.25, -0.2) is 0 Å². The average molecular weight is 322 g/mol. The van der Waals surface area contributed by atoms with Crippen LogP contribution in [-0.4, -0.2) is 62.7 Å². The Morgan fingerprint density at radius 3 is 2.91 bits per heavy atom. The van der Waals surface area contributed by atoms with Crippen LogP contribution in [0.15, 0.2) is 4.52 Å². The van der Waals surface area contributed by atoms with Crippen LogP contribution in [0.1, 0.15) is 57.2 Å². The van der Waals surface area contributed by atoms with Gasteiger partial charge in [0.15, 0.2) is 5.82 Å². The van der Waals surface area contributed by atoms with Gasteiger partial charge in [0.1, 0.15) is 0 Å². The fourth-order valence-corrected chi connectivity index (χ4v) is 3.14. The molecule has 0 bridgehead atoms. The van der Waals surface area contributed by atoms with Crippen LogP contribution in [-0.2, 0) is 11.3 Å². The van der Waals surface area contributed by atoms with Crippen LogP contribution in [0, 0.1) is 0 Å². The molecule has 1 N–H and O–H groups in total. The van der Waals surface area contributed by atoms with Crippen molar-refractivity contribution in [2.75, 3.05) is 19.6 Å². The molecule has 2 atom stereocenters. The normalized spacial score (nSPS) is 23.2. The van der Waals surface area contributed by atoms with Crippen molar-refractivity contribution in [3.8, 4) is 0 Å². The first-order chi connectivity index (χ1) is 11.1. The molecule has 1 aliphatic carbocycles. The van der Waals surface area contributed by atoms with Gasteiger partial charge in [-0.15, -0.1) is 0 Å². The third-order valence-corrected chi connectivity index (χ3v) is 4.76. The van der Waals surface area contributed by atoms with E-state index in [1.807, 2.05) is 11.8 Å². The van der Waals surface area contributed by atoms with Gasteiger partial charge < -0.3 is 14.5 Å². The molecular formula is C16H26N4O3. The van der Waals surface area contributed by atoms with Gasteiger partial charge in [0.05, 0.1) is 12.6 Å². The number of nitrogens with zero attached hydrogens (tertiary/aromatic N) is 4. The minimum Gasteiger partial charge on any atom is -0.392 e. The zero-order chi connectivity index (χ0) is 16.4. The molecule has 1 aromatic heterocycles. The summed E-state index contributed by atoms with van der Waals surface area (Å²) < 4.78 is 5.28. The number of amides is 1. The van der Waals surface area contributed by atoms with Crippen molar-refractivity contribution < 1.29 is 14.4 Å². The highest BCUT2D eigenvalue weighted by Crippen LogP contribution is 2.38. The highest BCUT2D eigenvalue weighted by atomic mass is 16.5. The highest BCUT2D eigenvalue weighted by Gasteiger charge is 2.33. The Kier molecular flexibility index (Phi) is 4.96. The standard InChI is InChI=1S/C16H26N4O3/c1-3-14(22)9-19-7-6-13(8-19)20(11(2)21)10-15-17-16(23-18-15)12-4-5-12/h12-14,22H,3-10H2,1-2H3/t13-,14-/m1/s1. The minimum absolute atomic E-state index is 0.0330. The van der Waals surface area contributed by atoms with Gasteiger partial charge in [0.25, 0.3) is 0 Å². The van der Waals surface area contributed by atoms with E-state index in [0.717, 1.165) is 38.8 Å². The monoisotopic (exact) mass is 322 g/mol. The number of likely N-dealkylation sites (tertiary alicyclic amines) is 1. The summed E-state index contributed by atoms with van der Waals surface area (Å²) in [4.78, 5) is 20.5. The minimum atomic E-state index is -0.294. The van der Waals surface area contributed by atoms with Crippen molar-refractivity contribution in [2.24, 2.45) is 0 Å². The number of aliphatic hydroxyl groups excluding tert-OH is 1. The molecule has 1 aromatic rings. The molecule has 23 heavy (non-hydrogen) atoms. The summed E-state index contributed by atoms with van der Waals surface area (Å²) in [5.41, 5.74) is 0. The topological polar surface area (TPSA) is 82.7 Å². The summed E-state index contributed by atoms with van der Waals surface area (Å²) in [6.07, 6.45) is 3.62. The van der Waals surface area contributed by atoms with Crippen molar-refractivity contribution in [3.05, 3.63) is 11.7 Å². The second-order valence-electron chi connectivity index (χ2n) is 6.73. The first kappa shape index (κ1) is 16.4. The molecule has 2 fully saturated rings. The first-order valence-corrected chi connectivity index (χ1v) is 8.57. The maximum absolute atomic E-state index is 12.0. The van der Waals surface area contributed by atoms with Crippen LogP contribution >= 0.6 is 0 Å². The Labute approximate surface area is 136 Å². The second kappa shape index (κ2) is 6.97. The summed E-state index contributed by atoms with van der Waals surface area (Å²) in [5, 5.41) is 13.8. The van der Waals surface area contributed by atoms with E-state index in [0.29, 0.717) is 30.7 Å². The van der Waals surface area contributed by atoms with Gasteiger partial charge in [-0.1, -0.05) is 12.1 Å². The molecule has 1 amide bonds. The fourth-order valence-electron chi connectivity index (χ4n) is 3.14. The fraction of sp³-hybridized carbons (Fsp3) is 0.812. The van der Waals surface area contributed by atoms with E-state index < -0.39 is 0 Å². The number of hydrogen-bond acceptors (Lipinski definition) is 6. The zero-order valence-electron chi connectivity index (χ0n) is 13.9. The van der Waals surface area contributed by atoms with Crippen molar-refractivity contribution in [2.45, 2.75) is 64.1 Å². The Bertz CT molecular complexity index is 543. The van der Waals surface area contributed by atoms with Crippen LogP contribution in [0.4, 0.5) is 0 Å². The molecule has 0 spiro atoms. The molecule has 0 unspecified atom stereocenters. The molecule has 1 saturated heterocycles. The van der Waals surface area contributed by atoms with Crippen LogP contribution in [0.2, 0.25) is 0 Å². The summed E-state index contributed by atoms with van der Waals surface area (Å²) in [6.45, 7) is 6.35. The van der Waals surface area contributed by atoms with Gasteiger partial charge in [-0.2, -0.15) is 4.98 Å². The Morgan fingerprint density at radius 1 is 1.48 bits per heavy atom. The lowest BCUT2D eigenvalue weighted by Crippen LogP contribution is -2.41. The van der Waals surface area contributed by atoms with Gasteiger partial charge in [-0.05, 0) is 25.7 Å². The number of hydrogen-bond donors (Lipinski definition) is 1. The second-order valence-corrected chi connectivity index (χ2v) is 6.73. The van der Waals surface area contributed by atoms with Crippen LogP contribution < -0.4 is 0 Å². The predicted molar refractivity (Wildman–Crippen MR) is 83.6 cm³/mol. The third-order valence-electron chi connectivity index (χ3n) is 4.76. The highest BCUT2D eigenvalue weighted by molar-refractivity contribution is 5.73. The molecule has 0 aromatic carbocycles. The number of carbonyl (C=O) groups is 1. The van der Waals surface area contributed by atoms with Gasteiger partial charge >= 0.3 is 0 Å². The molecule has 2 aliphatic rings. The lowest BCUT2D eigenvalue weighted by molar-refractivity contribution is -0.131. The number of carbonyl (C=O) groups excluding carboxylic acids is 1. The molecule has 2 heterocycles. The Morgan fingerprint density at radius 2 is 2.26 bits per heavy atom. The zero-order valence-corrected chi connectivity index (χ0v) is 13.9. The molecule has 0 radical (unpaired) electrons. The predicted octanol–water partition coefficient (Wildman–Crippen LogP) is 1.14. The van der Waals surface area contributed by atoms with Crippen molar-refractivity contribution in [3.63, 3.8) is 0 Å². The van der Waals surface area contributed by atoms with E-state index in [1.54, 1.807) is 6.92 Å². The SMILES string of the molecule is CC[C@@H](O)CN1CC[C@@H](N(Cc2noc(C3CC3)n2)C(C)=O)C1. The van der Waals surface area contributed by atoms with Crippen LogP contribution in [0.5, 0.6) is 0 Å². The lowest BCUT2D eigenvalue weighted by Gasteiger charge is -2.27. The maximum Gasteiger partial charge on any atom is 0.229 e. The average Bonchev–Trinajstić information content (AvgIpc) is 3.10. The number of aliphatic hydroxyl groups is 1. The quantitative estimate of drug-likeness (QED) is 0.810. The molecule has 3 rings (SSSR count). The summed E-state index contributed by atoms with van der Waals surface area (Å²) in [7, 11) is 0. The molecule has 128 valence electrons. The van der Waals surface area contributed by atoms with E-state index in [4.69, 9.17) is 4.52 Å². The molecular weight excluding hydrogens is 296 g/mol.